The van der Waals surface area contributed by atoms with Crippen molar-refractivity contribution in [2.75, 3.05) is 13.1 Å². The summed E-state index contributed by atoms with van der Waals surface area (Å²) in [6.07, 6.45) is 5.18. The van der Waals surface area contributed by atoms with Crippen LogP contribution in [0.2, 0.25) is 0 Å². The SMILES string of the molecule is O=C1CCCC[C@]2(CN(Cc3ccccc3OCc3ccccn3)C[C@H]2c2ccc(F)cc2)N1. The second kappa shape index (κ2) is 9.94. The monoisotopic (exact) mass is 459 g/mol. The van der Waals surface area contributed by atoms with Crippen LogP contribution >= 0.6 is 0 Å². The Balaban J connectivity index is 1.37. The van der Waals surface area contributed by atoms with E-state index in [1.54, 1.807) is 6.20 Å². The van der Waals surface area contributed by atoms with E-state index in [0.29, 0.717) is 19.6 Å². The third kappa shape index (κ3) is 4.97. The van der Waals surface area contributed by atoms with Crippen LogP contribution in [0.25, 0.3) is 0 Å². The van der Waals surface area contributed by atoms with Crippen LogP contribution in [0.3, 0.4) is 0 Å². The van der Waals surface area contributed by atoms with Crippen LogP contribution in [0.5, 0.6) is 5.75 Å². The van der Waals surface area contributed by atoms with Gasteiger partial charge in [0.25, 0.3) is 0 Å². The number of carbonyl (C=O) groups is 1. The van der Waals surface area contributed by atoms with Gasteiger partial charge in [0.1, 0.15) is 18.2 Å². The minimum atomic E-state index is -0.338. The standard InChI is InChI=1S/C28H30FN3O2/c29-23-13-11-21(12-14-23)25-18-32(20-28(25)15-5-3-10-27(33)31-28)17-22-7-1-2-9-26(22)34-19-24-8-4-6-16-30-24/h1-2,4,6-9,11-14,16,25H,3,5,10,15,17-20H2,(H,31,33)/t25-,28+/m0/s1. The van der Waals surface area contributed by atoms with E-state index in [1.807, 2.05) is 48.5 Å². The first-order valence-corrected chi connectivity index (χ1v) is 12.0. The predicted molar refractivity (Wildman–Crippen MR) is 129 cm³/mol. The number of amides is 1. The van der Waals surface area contributed by atoms with Crippen LogP contribution in [-0.2, 0) is 17.9 Å². The van der Waals surface area contributed by atoms with Crippen LogP contribution in [0, 0.1) is 5.82 Å². The molecule has 0 radical (unpaired) electrons. The minimum absolute atomic E-state index is 0.108. The zero-order valence-electron chi connectivity index (χ0n) is 19.3. The topological polar surface area (TPSA) is 54.5 Å². The normalized spacial score (nSPS) is 23.0. The zero-order chi connectivity index (χ0) is 23.4. The van der Waals surface area contributed by atoms with E-state index in [1.165, 1.54) is 12.1 Å². The molecule has 2 saturated heterocycles. The Bertz CT molecular complexity index is 1120. The molecular weight excluding hydrogens is 429 g/mol. The molecule has 2 atom stereocenters. The number of hydrogen-bond donors (Lipinski definition) is 1. The number of nitrogens with zero attached hydrogens (tertiary/aromatic N) is 2. The average molecular weight is 460 g/mol. The summed E-state index contributed by atoms with van der Waals surface area (Å²) in [5.74, 6) is 0.830. The summed E-state index contributed by atoms with van der Waals surface area (Å²) in [6.45, 7) is 2.68. The molecule has 1 N–H and O–H groups in total. The molecule has 1 aromatic heterocycles. The van der Waals surface area contributed by atoms with Gasteiger partial charge in [0.2, 0.25) is 5.91 Å². The molecular formula is C28H30FN3O2. The van der Waals surface area contributed by atoms with Crippen molar-refractivity contribution in [3.8, 4) is 5.75 Å². The summed E-state index contributed by atoms with van der Waals surface area (Å²) in [4.78, 5) is 19.3. The Hall–Kier alpha value is -3.25. The lowest BCUT2D eigenvalue weighted by atomic mass is 9.79. The van der Waals surface area contributed by atoms with Crippen molar-refractivity contribution < 1.29 is 13.9 Å². The van der Waals surface area contributed by atoms with Gasteiger partial charge in [-0.2, -0.15) is 0 Å². The first-order chi connectivity index (χ1) is 16.6. The number of carbonyl (C=O) groups excluding carboxylic acids is 1. The smallest absolute Gasteiger partial charge is 0.220 e. The van der Waals surface area contributed by atoms with Gasteiger partial charge >= 0.3 is 0 Å². The van der Waals surface area contributed by atoms with Crippen molar-refractivity contribution in [3.63, 3.8) is 0 Å². The van der Waals surface area contributed by atoms with Crippen molar-refractivity contribution >= 4 is 5.91 Å². The van der Waals surface area contributed by atoms with Crippen molar-refractivity contribution in [2.45, 2.75) is 50.3 Å². The molecule has 0 unspecified atom stereocenters. The highest BCUT2D eigenvalue weighted by atomic mass is 19.1. The Kier molecular flexibility index (Phi) is 6.59. The molecule has 0 bridgehead atoms. The molecule has 1 amide bonds. The number of aromatic nitrogens is 1. The van der Waals surface area contributed by atoms with Gasteiger partial charge in [-0.1, -0.05) is 42.8 Å². The van der Waals surface area contributed by atoms with Gasteiger partial charge in [-0.25, -0.2) is 4.39 Å². The first kappa shape index (κ1) is 22.5. The maximum absolute atomic E-state index is 13.6. The quantitative estimate of drug-likeness (QED) is 0.574. The lowest BCUT2D eigenvalue weighted by Gasteiger charge is -2.35. The van der Waals surface area contributed by atoms with E-state index in [2.05, 4.69) is 21.3 Å². The number of rotatable bonds is 6. The molecule has 3 heterocycles. The van der Waals surface area contributed by atoms with Gasteiger partial charge in [-0.15, -0.1) is 0 Å². The number of pyridine rings is 1. The number of ether oxygens (including phenoxy) is 1. The van der Waals surface area contributed by atoms with Crippen LogP contribution in [-0.4, -0.2) is 34.4 Å². The van der Waals surface area contributed by atoms with Crippen LogP contribution < -0.4 is 10.1 Å². The Morgan fingerprint density at radius 1 is 1.06 bits per heavy atom. The predicted octanol–water partition coefficient (Wildman–Crippen LogP) is 4.83. The van der Waals surface area contributed by atoms with Crippen molar-refractivity contribution in [3.05, 3.63) is 95.6 Å². The highest BCUT2D eigenvalue weighted by Crippen LogP contribution is 2.42. The molecule has 2 aromatic carbocycles. The molecule has 1 spiro atoms. The summed E-state index contributed by atoms with van der Waals surface area (Å²) in [7, 11) is 0. The number of hydrogen-bond acceptors (Lipinski definition) is 4. The van der Waals surface area contributed by atoms with Crippen LogP contribution in [0.15, 0.2) is 72.9 Å². The van der Waals surface area contributed by atoms with E-state index in [9.17, 15) is 9.18 Å². The van der Waals surface area contributed by atoms with Gasteiger partial charge < -0.3 is 10.1 Å². The third-order valence-electron chi connectivity index (χ3n) is 7.02. The lowest BCUT2D eigenvalue weighted by molar-refractivity contribution is -0.122. The fourth-order valence-electron chi connectivity index (χ4n) is 5.41. The van der Waals surface area contributed by atoms with Gasteiger partial charge in [-0.3, -0.25) is 14.7 Å². The Morgan fingerprint density at radius 3 is 2.71 bits per heavy atom. The number of benzene rings is 2. The maximum Gasteiger partial charge on any atom is 0.220 e. The van der Waals surface area contributed by atoms with Crippen LogP contribution in [0.1, 0.15) is 48.4 Å². The summed E-state index contributed by atoms with van der Waals surface area (Å²) >= 11 is 0. The Labute approximate surface area is 200 Å². The molecule has 34 heavy (non-hydrogen) atoms. The summed E-state index contributed by atoms with van der Waals surface area (Å²) in [6, 6.07) is 20.7. The fraction of sp³-hybridized carbons (Fsp3) is 0.357. The summed E-state index contributed by atoms with van der Waals surface area (Å²) in [5, 5.41) is 3.38. The lowest BCUT2D eigenvalue weighted by Crippen LogP contribution is -2.52. The van der Waals surface area contributed by atoms with Gasteiger partial charge in [0, 0.05) is 43.7 Å². The highest BCUT2D eigenvalue weighted by molar-refractivity contribution is 5.77. The van der Waals surface area contributed by atoms with Gasteiger partial charge in [0.05, 0.1) is 11.2 Å². The highest BCUT2D eigenvalue weighted by Gasteiger charge is 2.48. The minimum Gasteiger partial charge on any atom is -0.487 e. The molecule has 5 nitrogen and oxygen atoms in total. The van der Waals surface area contributed by atoms with Gasteiger partial charge in [0.15, 0.2) is 0 Å². The second-order valence-corrected chi connectivity index (χ2v) is 9.40. The van der Waals surface area contributed by atoms with E-state index >= 15 is 0 Å². The maximum atomic E-state index is 13.6. The molecule has 6 heteroatoms. The van der Waals surface area contributed by atoms with E-state index in [0.717, 1.165) is 54.9 Å². The molecule has 5 rings (SSSR count). The molecule has 176 valence electrons. The van der Waals surface area contributed by atoms with Gasteiger partial charge in [-0.05, 0) is 48.7 Å². The van der Waals surface area contributed by atoms with E-state index in [4.69, 9.17) is 4.74 Å². The molecule has 0 aliphatic carbocycles. The first-order valence-electron chi connectivity index (χ1n) is 12.0. The van der Waals surface area contributed by atoms with Crippen molar-refractivity contribution in [1.29, 1.82) is 0 Å². The van der Waals surface area contributed by atoms with Crippen molar-refractivity contribution in [2.24, 2.45) is 0 Å². The molecule has 2 aliphatic heterocycles. The molecule has 2 aliphatic rings. The molecule has 2 fully saturated rings. The second-order valence-electron chi connectivity index (χ2n) is 9.40. The Morgan fingerprint density at radius 2 is 1.88 bits per heavy atom. The molecule has 0 saturated carbocycles. The van der Waals surface area contributed by atoms with E-state index in [-0.39, 0.29) is 23.2 Å². The number of likely N-dealkylation sites (tertiary alicyclic amines) is 1. The summed E-state index contributed by atoms with van der Waals surface area (Å²) in [5.41, 5.74) is 2.73. The third-order valence-corrected chi connectivity index (χ3v) is 7.02. The zero-order valence-corrected chi connectivity index (χ0v) is 19.3. The number of nitrogens with one attached hydrogen (secondary N) is 1. The number of para-hydroxylation sites is 1. The number of halogens is 1. The largest absolute Gasteiger partial charge is 0.487 e. The fourth-order valence-corrected chi connectivity index (χ4v) is 5.41. The van der Waals surface area contributed by atoms with Crippen molar-refractivity contribution in [1.82, 2.24) is 15.2 Å². The van der Waals surface area contributed by atoms with Crippen LogP contribution in [0.4, 0.5) is 4.39 Å². The average Bonchev–Trinajstić information content (AvgIpc) is 3.07. The summed E-state index contributed by atoms with van der Waals surface area (Å²) < 4.78 is 19.8. The molecule has 3 aromatic rings. The van der Waals surface area contributed by atoms with E-state index < -0.39 is 0 Å².